The molecule has 0 saturated heterocycles. The summed E-state index contributed by atoms with van der Waals surface area (Å²) in [7, 11) is 0. The van der Waals surface area contributed by atoms with Gasteiger partial charge in [-0.25, -0.2) is 0 Å². The lowest BCUT2D eigenvalue weighted by molar-refractivity contribution is 0.0763. The summed E-state index contributed by atoms with van der Waals surface area (Å²) in [5.41, 5.74) is 3.23. The molecule has 0 heterocycles. The third-order valence-corrected chi connectivity index (χ3v) is 4.93. The van der Waals surface area contributed by atoms with E-state index < -0.39 is 0 Å². The highest BCUT2D eigenvalue weighted by Crippen LogP contribution is 2.31. The Morgan fingerprint density at radius 2 is 1.72 bits per heavy atom. The molecule has 1 rings (SSSR count). The van der Waals surface area contributed by atoms with Gasteiger partial charge in [0.1, 0.15) is 0 Å². The molecule has 3 nitrogen and oxygen atoms in total. The Balaban J connectivity index is 2.62. The van der Waals surface area contributed by atoms with E-state index in [0.717, 1.165) is 19.0 Å². The first kappa shape index (κ1) is 15.9. The highest BCUT2D eigenvalue weighted by Gasteiger charge is 2.34. The summed E-state index contributed by atoms with van der Waals surface area (Å²) in [5.74, 6) is 6.72. The van der Waals surface area contributed by atoms with Crippen LogP contribution in [0.25, 0.3) is 0 Å². The maximum atomic E-state index is 5.85. The Morgan fingerprint density at radius 3 is 2.17 bits per heavy atom. The molecule has 0 radical (unpaired) electrons. The van der Waals surface area contributed by atoms with Crippen molar-refractivity contribution >= 4 is 0 Å². The fourth-order valence-electron chi connectivity index (χ4n) is 3.58. The molecule has 1 atom stereocenters. The number of hydrogen-bond donors (Lipinski definition) is 2. The molecule has 1 saturated carbocycles. The van der Waals surface area contributed by atoms with Crippen LogP contribution >= 0.6 is 0 Å². The number of rotatable bonds is 7. The molecule has 1 unspecified atom stereocenters. The van der Waals surface area contributed by atoms with Crippen LogP contribution in [-0.2, 0) is 0 Å². The third kappa shape index (κ3) is 3.94. The second-order valence-electron chi connectivity index (χ2n) is 6.28. The van der Waals surface area contributed by atoms with Crippen molar-refractivity contribution in [2.45, 2.75) is 77.8 Å². The quantitative estimate of drug-likeness (QED) is 0.543. The number of nitrogens with zero attached hydrogens (tertiary/aromatic N) is 1. The summed E-state index contributed by atoms with van der Waals surface area (Å²) < 4.78 is 0. The topological polar surface area (TPSA) is 41.3 Å². The first-order valence-corrected chi connectivity index (χ1v) is 7.77. The average Bonchev–Trinajstić information content (AvgIpc) is 2.38. The Labute approximate surface area is 113 Å². The van der Waals surface area contributed by atoms with Crippen LogP contribution in [0, 0.1) is 5.92 Å². The fraction of sp³-hybridized carbons (Fsp3) is 1.00. The van der Waals surface area contributed by atoms with Crippen molar-refractivity contribution in [2.75, 3.05) is 13.1 Å². The molecule has 0 amide bonds. The van der Waals surface area contributed by atoms with Gasteiger partial charge in [0.05, 0.1) is 0 Å². The molecule has 3 N–H and O–H groups in total. The highest BCUT2D eigenvalue weighted by molar-refractivity contribution is 4.93. The maximum Gasteiger partial charge on any atom is 0.0392 e. The van der Waals surface area contributed by atoms with Gasteiger partial charge < -0.3 is 0 Å². The molecule has 18 heavy (non-hydrogen) atoms. The number of nitrogens with two attached hydrogens (primary N) is 1. The van der Waals surface area contributed by atoms with E-state index in [0.29, 0.717) is 6.04 Å². The van der Waals surface area contributed by atoms with Gasteiger partial charge in [0.15, 0.2) is 0 Å². The lowest BCUT2D eigenvalue weighted by atomic mass is 9.79. The highest BCUT2D eigenvalue weighted by atomic mass is 15.3. The minimum atomic E-state index is 0.135. The van der Waals surface area contributed by atoms with E-state index in [1.807, 2.05) is 0 Å². The van der Waals surface area contributed by atoms with Crippen molar-refractivity contribution in [3.8, 4) is 0 Å². The van der Waals surface area contributed by atoms with E-state index in [1.165, 1.54) is 38.5 Å². The second kappa shape index (κ2) is 7.46. The van der Waals surface area contributed by atoms with Crippen LogP contribution in [-0.4, -0.2) is 29.6 Å². The molecule has 0 bridgehead atoms. The minimum absolute atomic E-state index is 0.135. The molecule has 1 fully saturated rings. The SMILES string of the molecule is CCN(CC)C(C)(C)C(CC1CCCCC1)NN. The third-order valence-electron chi connectivity index (χ3n) is 4.93. The van der Waals surface area contributed by atoms with Gasteiger partial charge in [0.25, 0.3) is 0 Å². The number of nitrogens with one attached hydrogen (secondary N) is 1. The van der Waals surface area contributed by atoms with E-state index in [9.17, 15) is 0 Å². The molecule has 1 aliphatic carbocycles. The summed E-state index contributed by atoms with van der Waals surface area (Å²) in [5, 5.41) is 0. The van der Waals surface area contributed by atoms with Crippen molar-refractivity contribution in [1.82, 2.24) is 10.3 Å². The minimum Gasteiger partial charge on any atom is -0.297 e. The normalized spacial score (nSPS) is 20.3. The van der Waals surface area contributed by atoms with Crippen LogP contribution in [0.1, 0.15) is 66.2 Å². The molecular weight excluding hydrogens is 222 g/mol. The zero-order chi connectivity index (χ0) is 13.6. The van der Waals surface area contributed by atoms with E-state index >= 15 is 0 Å². The van der Waals surface area contributed by atoms with Gasteiger partial charge in [-0.1, -0.05) is 46.0 Å². The van der Waals surface area contributed by atoms with E-state index in [-0.39, 0.29) is 5.54 Å². The van der Waals surface area contributed by atoms with Crippen molar-refractivity contribution in [3.63, 3.8) is 0 Å². The Bertz CT molecular complexity index is 218. The zero-order valence-electron chi connectivity index (χ0n) is 12.8. The largest absolute Gasteiger partial charge is 0.297 e. The van der Waals surface area contributed by atoms with Gasteiger partial charge in [-0.15, -0.1) is 0 Å². The molecule has 1 aliphatic rings. The van der Waals surface area contributed by atoms with Gasteiger partial charge in [-0.05, 0) is 39.3 Å². The predicted octanol–water partition coefficient (Wildman–Crippen LogP) is 2.91. The van der Waals surface area contributed by atoms with Crippen molar-refractivity contribution in [1.29, 1.82) is 0 Å². The standard InChI is InChI=1S/C15H33N3/c1-5-18(6-2)15(3,4)14(17-16)12-13-10-8-7-9-11-13/h13-14,17H,5-12,16H2,1-4H3. The van der Waals surface area contributed by atoms with Crippen LogP contribution in [0.3, 0.4) is 0 Å². The molecular formula is C15H33N3. The lowest BCUT2D eigenvalue weighted by Crippen LogP contribution is -2.59. The molecule has 3 heteroatoms. The average molecular weight is 255 g/mol. The Hall–Kier alpha value is -0.120. The summed E-state index contributed by atoms with van der Waals surface area (Å²) in [6.07, 6.45) is 8.26. The van der Waals surface area contributed by atoms with Crippen LogP contribution in [0.4, 0.5) is 0 Å². The molecule has 0 spiro atoms. The maximum absolute atomic E-state index is 5.85. The Morgan fingerprint density at radius 1 is 1.17 bits per heavy atom. The molecule has 0 aromatic heterocycles. The lowest BCUT2D eigenvalue weighted by Gasteiger charge is -2.44. The van der Waals surface area contributed by atoms with Gasteiger partial charge in [-0.3, -0.25) is 16.2 Å². The predicted molar refractivity (Wildman–Crippen MR) is 79.3 cm³/mol. The van der Waals surface area contributed by atoms with Crippen molar-refractivity contribution < 1.29 is 0 Å². The molecule has 0 aliphatic heterocycles. The van der Waals surface area contributed by atoms with E-state index in [1.54, 1.807) is 0 Å². The summed E-state index contributed by atoms with van der Waals surface area (Å²) in [6.45, 7) is 11.3. The molecule has 108 valence electrons. The number of likely N-dealkylation sites (N-methyl/N-ethyl adjacent to an activating group) is 1. The Kier molecular flexibility index (Phi) is 6.61. The van der Waals surface area contributed by atoms with E-state index in [2.05, 4.69) is 38.0 Å². The summed E-state index contributed by atoms with van der Waals surface area (Å²) >= 11 is 0. The van der Waals surface area contributed by atoms with Gasteiger partial charge in [0.2, 0.25) is 0 Å². The molecule has 0 aromatic carbocycles. The zero-order valence-corrected chi connectivity index (χ0v) is 12.8. The van der Waals surface area contributed by atoms with Gasteiger partial charge in [-0.2, -0.15) is 0 Å². The number of hydrazine groups is 1. The number of hydrogen-bond acceptors (Lipinski definition) is 3. The first-order valence-electron chi connectivity index (χ1n) is 7.77. The van der Waals surface area contributed by atoms with Crippen LogP contribution in [0.2, 0.25) is 0 Å². The second-order valence-corrected chi connectivity index (χ2v) is 6.28. The van der Waals surface area contributed by atoms with Crippen molar-refractivity contribution in [3.05, 3.63) is 0 Å². The first-order chi connectivity index (χ1) is 8.56. The van der Waals surface area contributed by atoms with Crippen molar-refractivity contribution in [2.24, 2.45) is 11.8 Å². The van der Waals surface area contributed by atoms with Gasteiger partial charge >= 0.3 is 0 Å². The smallest absolute Gasteiger partial charge is 0.0392 e. The van der Waals surface area contributed by atoms with E-state index in [4.69, 9.17) is 5.84 Å². The fourth-order valence-corrected chi connectivity index (χ4v) is 3.58. The van der Waals surface area contributed by atoms with Crippen LogP contribution in [0.15, 0.2) is 0 Å². The monoisotopic (exact) mass is 255 g/mol. The van der Waals surface area contributed by atoms with Crippen LogP contribution < -0.4 is 11.3 Å². The summed E-state index contributed by atoms with van der Waals surface area (Å²) in [4.78, 5) is 2.51. The van der Waals surface area contributed by atoms with Gasteiger partial charge in [0, 0.05) is 11.6 Å². The molecule has 0 aromatic rings. The van der Waals surface area contributed by atoms with Crippen LogP contribution in [0.5, 0.6) is 0 Å². The summed E-state index contributed by atoms with van der Waals surface area (Å²) in [6, 6.07) is 0.389.